The van der Waals surface area contributed by atoms with Crippen LogP contribution in [0, 0.1) is 13.8 Å². The lowest BCUT2D eigenvalue weighted by molar-refractivity contribution is -0.136. The molecule has 2 bridgehead atoms. The molecule has 9 nitrogen and oxygen atoms in total. The maximum Gasteiger partial charge on any atom is 0.373 e. The first-order valence-corrected chi connectivity index (χ1v) is 16.1. The molecule has 0 N–H and O–H groups in total. The summed E-state index contributed by atoms with van der Waals surface area (Å²) in [6.07, 6.45) is 1.44. The van der Waals surface area contributed by atoms with Crippen molar-refractivity contribution in [1.29, 1.82) is 0 Å². The molecule has 4 heterocycles. The van der Waals surface area contributed by atoms with Crippen molar-refractivity contribution in [3.05, 3.63) is 92.4 Å². The number of halogens is 2. The molecule has 3 aliphatic rings. The summed E-state index contributed by atoms with van der Waals surface area (Å²) in [5.41, 5.74) is 3.61. The van der Waals surface area contributed by atoms with E-state index in [-0.39, 0.29) is 23.6 Å². The van der Waals surface area contributed by atoms with Gasteiger partial charge >= 0.3 is 5.97 Å². The molecule has 2 aromatic carbocycles. The number of esters is 1. The lowest BCUT2D eigenvalue weighted by Crippen LogP contribution is -2.53. The topological polar surface area (TPSA) is 86.5 Å². The summed E-state index contributed by atoms with van der Waals surface area (Å²) in [7, 11) is 1.34. The van der Waals surface area contributed by atoms with E-state index in [1.165, 1.54) is 7.11 Å². The molecule has 3 aromatic rings. The molecule has 3 aliphatic heterocycles. The Balaban J connectivity index is 1.09. The largest absolute Gasteiger partial charge is 0.463 e. The summed E-state index contributed by atoms with van der Waals surface area (Å²) in [4.78, 5) is 47.6. The molecule has 238 valence electrons. The third kappa shape index (κ3) is 6.77. The van der Waals surface area contributed by atoms with Crippen molar-refractivity contribution in [2.45, 2.75) is 51.4 Å². The van der Waals surface area contributed by atoms with Crippen LogP contribution in [0.4, 0.5) is 0 Å². The number of hydrogen-bond acceptors (Lipinski definition) is 7. The highest BCUT2D eigenvalue weighted by molar-refractivity contribution is 6.42. The van der Waals surface area contributed by atoms with Crippen molar-refractivity contribution in [2.75, 3.05) is 46.4 Å². The fraction of sp³-hybridized carbons (Fsp3) is 0.441. The van der Waals surface area contributed by atoms with Crippen LogP contribution in [0.3, 0.4) is 0 Å². The Kier molecular flexibility index (Phi) is 9.24. The van der Waals surface area contributed by atoms with Crippen LogP contribution in [0.5, 0.6) is 0 Å². The van der Waals surface area contributed by atoms with E-state index in [4.69, 9.17) is 32.4 Å². The number of carbonyl (C=O) groups excluding carboxylic acids is 3. The van der Waals surface area contributed by atoms with E-state index < -0.39 is 5.97 Å². The molecule has 45 heavy (non-hydrogen) atoms. The third-order valence-electron chi connectivity index (χ3n) is 9.27. The highest BCUT2D eigenvalue weighted by Gasteiger charge is 2.43. The van der Waals surface area contributed by atoms with Crippen molar-refractivity contribution >= 4 is 41.0 Å². The molecular weight excluding hydrogens is 615 g/mol. The summed E-state index contributed by atoms with van der Waals surface area (Å²) in [5.74, 6) is 0.512. The molecule has 6 rings (SSSR count). The molecular formula is C34H38Cl2N4O5. The van der Waals surface area contributed by atoms with Gasteiger partial charge in [-0.15, -0.1) is 0 Å². The van der Waals surface area contributed by atoms with E-state index in [1.807, 2.05) is 47.9 Å². The van der Waals surface area contributed by atoms with Gasteiger partial charge in [-0.2, -0.15) is 0 Å². The van der Waals surface area contributed by atoms with E-state index in [0.717, 1.165) is 42.0 Å². The fourth-order valence-electron chi connectivity index (χ4n) is 7.11. The number of benzene rings is 2. The van der Waals surface area contributed by atoms with Gasteiger partial charge in [-0.05, 0) is 62.2 Å². The number of likely N-dealkylation sites (tertiary alicyclic amines) is 2. The number of amides is 2. The molecule has 3 atom stereocenters. The van der Waals surface area contributed by atoms with Gasteiger partial charge in [0.1, 0.15) is 5.76 Å². The van der Waals surface area contributed by atoms with Crippen molar-refractivity contribution in [2.24, 2.45) is 0 Å². The summed E-state index contributed by atoms with van der Waals surface area (Å²) in [6.45, 7) is 8.35. The highest BCUT2D eigenvalue weighted by atomic mass is 35.5. The average molecular weight is 654 g/mol. The Hall–Kier alpha value is -3.37. The first-order chi connectivity index (χ1) is 21.6. The quantitative estimate of drug-likeness (QED) is 0.303. The Morgan fingerprint density at radius 2 is 1.62 bits per heavy atom. The summed E-state index contributed by atoms with van der Waals surface area (Å²) in [5, 5.41) is 0.874. The zero-order chi connectivity index (χ0) is 31.8. The van der Waals surface area contributed by atoms with Crippen LogP contribution in [-0.4, -0.2) is 95.8 Å². The van der Waals surface area contributed by atoms with Crippen LogP contribution in [0.1, 0.15) is 62.2 Å². The highest BCUT2D eigenvalue weighted by Crippen LogP contribution is 2.34. The van der Waals surface area contributed by atoms with Crippen molar-refractivity contribution in [3.63, 3.8) is 0 Å². The number of aryl methyl sites for hydroxylation is 2. The molecule has 3 saturated heterocycles. The van der Waals surface area contributed by atoms with E-state index >= 15 is 0 Å². The molecule has 2 amide bonds. The summed E-state index contributed by atoms with van der Waals surface area (Å²) >= 11 is 12.6. The first kappa shape index (κ1) is 31.6. The van der Waals surface area contributed by atoms with Crippen LogP contribution in [0.15, 0.2) is 52.9 Å². The zero-order valence-corrected chi connectivity index (χ0v) is 27.3. The maximum absolute atomic E-state index is 13.8. The molecule has 0 saturated carbocycles. The van der Waals surface area contributed by atoms with E-state index in [1.54, 1.807) is 18.2 Å². The minimum absolute atomic E-state index is 0.0346. The number of nitrogens with zero attached hydrogens (tertiary/aromatic N) is 4. The predicted molar refractivity (Wildman–Crippen MR) is 172 cm³/mol. The number of rotatable bonds is 8. The van der Waals surface area contributed by atoms with Crippen LogP contribution in [0.2, 0.25) is 10.0 Å². The van der Waals surface area contributed by atoms with Gasteiger partial charge in [0.25, 0.3) is 5.91 Å². The molecule has 1 aromatic heterocycles. The zero-order valence-electron chi connectivity index (χ0n) is 25.8. The Morgan fingerprint density at radius 3 is 2.31 bits per heavy atom. The summed E-state index contributed by atoms with van der Waals surface area (Å²) in [6, 6.07) is 15.2. The molecule has 0 unspecified atom stereocenters. The van der Waals surface area contributed by atoms with Crippen LogP contribution < -0.4 is 0 Å². The van der Waals surface area contributed by atoms with Gasteiger partial charge in [0.05, 0.1) is 29.7 Å². The fourth-order valence-corrected chi connectivity index (χ4v) is 7.41. The maximum atomic E-state index is 13.8. The van der Waals surface area contributed by atoms with Gasteiger partial charge < -0.3 is 19.0 Å². The first-order valence-electron chi connectivity index (χ1n) is 15.4. The summed E-state index contributed by atoms with van der Waals surface area (Å²) < 4.78 is 10.4. The minimum Gasteiger partial charge on any atom is -0.463 e. The normalized spacial score (nSPS) is 21.8. The van der Waals surface area contributed by atoms with Gasteiger partial charge in [-0.25, -0.2) is 4.79 Å². The number of ether oxygens (including phenoxy) is 1. The molecule has 11 heteroatoms. The standard InChI is InChI=1S/C34H38Cl2N4O5/c1-21-12-22(2)14-24(13-21)33(42)38-10-11-40(30(20-38)23-4-6-28(35)29(36)15-23)32(41)8-9-37-17-26-16-25(37)18-39(26)19-27-5-7-31(45-27)34(43)44-3/h4-7,12-15,25-26,30H,8-11,16-20H2,1-3H3/t25-,26-,30-/m0/s1. The molecule has 0 aliphatic carbocycles. The van der Waals surface area contributed by atoms with Crippen molar-refractivity contribution < 1.29 is 23.5 Å². The molecule has 0 spiro atoms. The average Bonchev–Trinajstić information content (AvgIpc) is 3.76. The Bertz CT molecular complexity index is 1590. The lowest BCUT2D eigenvalue weighted by Gasteiger charge is -2.42. The predicted octanol–water partition coefficient (Wildman–Crippen LogP) is 5.36. The van der Waals surface area contributed by atoms with E-state index in [2.05, 4.69) is 15.9 Å². The lowest BCUT2D eigenvalue weighted by atomic mass is 10.00. The van der Waals surface area contributed by atoms with Crippen LogP contribution in [-0.2, 0) is 16.1 Å². The number of hydrogen-bond donors (Lipinski definition) is 0. The Morgan fingerprint density at radius 1 is 0.889 bits per heavy atom. The smallest absolute Gasteiger partial charge is 0.373 e. The van der Waals surface area contributed by atoms with Crippen LogP contribution in [0.25, 0.3) is 0 Å². The second kappa shape index (κ2) is 13.2. The van der Waals surface area contributed by atoms with Crippen molar-refractivity contribution in [1.82, 2.24) is 19.6 Å². The third-order valence-corrected chi connectivity index (χ3v) is 10.0. The van der Waals surface area contributed by atoms with E-state index in [0.29, 0.717) is 66.8 Å². The second-order valence-electron chi connectivity index (χ2n) is 12.4. The number of carbonyl (C=O) groups is 3. The van der Waals surface area contributed by atoms with Gasteiger partial charge in [0, 0.05) is 63.3 Å². The number of furan rings is 1. The van der Waals surface area contributed by atoms with Gasteiger partial charge in [0.15, 0.2) is 0 Å². The van der Waals surface area contributed by atoms with Gasteiger partial charge in [-0.1, -0.05) is 46.5 Å². The van der Waals surface area contributed by atoms with E-state index in [9.17, 15) is 14.4 Å². The number of piperazine rings is 2. The minimum atomic E-state index is -0.476. The van der Waals surface area contributed by atoms with Gasteiger partial charge in [0.2, 0.25) is 11.7 Å². The monoisotopic (exact) mass is 652 g/mol. The molecule has 0 radical (unpaired) electrons. The number of methoxy groups -OCH3 is 1. The number of fused-ring (bicyclic) bond motifs is 2. The second-order valence-corrected chi connectivity index (χ2v) is 13.2. The van der Waals surface area contributed by atoms with Crippen molar-refractivity contribution in [3.8, 4) is 0 Å². The van der Waals surface area contributed by atoms with Crippen LogP contribution >= 0.6 is 23.2 Å². The SMILES string of the molecule is COC(=O)c1ccc(CN2C[C@@H]3C[C@H]2CN3CCC(=O)N2CCN(C(=O)c3cc(C)cc(C)c3)C[C@H]2c2ccc(Cl)c(Cl)c2)o1. The molecule has 3 fully saturated rings. The Labute approximate surface area is 273 Å². The van der Waals surface area contributed by atoms with Gasteiger partial charge in [-0.3, -0.25) is 19.4 Å².